The minimum absolute atomic E-state index is 0.0867. The second kappa shape index (κ2) is 6.26. The molecule has 1 aromatic carbocycles. The standard InChI is InChI=1S/C12H9N5O5/c18-12(8-2-1-3-9(6-8)16(19)20)15-14-11-5-4-10(7-13-11)17(21)22/h1-7H,(H,13,14)(H,15,18). The fraction of sp³-hybridized carbons (Fsp3) is 0. The Kier molecular flexibility index (Phi) is 4.22. The second-order valence-corrected chi connectivity index (χ2v) is 4.05. The highest BCUT2D eigenvalue weighted by Gasteiger charge is 2.11. The molecule has 22 heavy (non-hydrogen) atoms. The van der Waals surface area contributed by atoms with Crippen molar-refractivity contribution in [2.45, 2.75) is 0 Å². The number of nitro benzene ring substituents is 1. The predicted molar refractivity (Wildman–Crippen MR) is 75.1 cm³/mol. The summed E-state index contributed by atoms with van der Waals surface area (Å²) in [7, 11) is 0. The van der Waals surface area contributed by atoms with Crippen molar-refractivity contribution < 1.29 is 14.6 Å². The van der Waals surface area contributed by atoms with Gasteiger partial charge < -0.3 is 0 Å². The van der Waals surface area contributed by atoms with Crippen LogP contribution in [-0.2, 0) is 0 Å². The van der Waals surface area contributed by atoms with Crippen LogP contribution in [0.1, 0.15) is 10.4 Å². The number of pyridine rings is 1. The summed E-state index contributed by atoms with van der Waals surface area (Å²) in [6.45, 7) is 0. The van der Waals surface area contributed by atoms with Gasteiger partial charge >= 0.3 is 0 Å². The van der Waals surface area contributed by atoms with Crippen molar-refractivity contribution in [3.63, 3.8) is 0 Å². The number of nitro groups is 2. The first-order valence-corrected chi connectivity index (χ1v) is 5.88. The number of non-ortho nitro benzene ring substituents is 1. The SMILES string of the molecule is O=C(NNc1ccc([N+](=O)[O-])cn1)c1cccc([N+](=O)[O-])c1. The molecule has 0 aliphatic carbocycles. The monoisotopic (exact) mass is 303 g/mol. The number of hydrazine groups is 1. The number of rotatable bonds is 5. The molecule has 1 amide bonds. The zero-order valence-electron chi connectivity index (χ0n) is 10.9. The van der Waals surface area contributed by atoms with E-state index >= 15 is 0 Å². The molecule has 0 fully saturated rings. The number of nitrogens with zero attached hydrogens (tertiary/aromatic N) is 3. The van der Waals surface area contributed by atoms with Gasteiger partial charge in [-0.25, -0.2) is 4.98 Å². The van der Waals surface area contributed by atoms with Gasteiger partial charge in [0.25, 0.3) is 17.3 Å². The molecule has 1 heterocycles. The van der Waals surface area contributed by atoms with Crippen molar-refractivity contribution in [1.82, 2.24) is 10.4 Å². The van der Waals surface area contributed by atoms with E-state index in [-0.39, 0.29) is 22.8 Å². The van der Waals surface area contributed by atoms with E-state index in [1.165, 1.54) is 30.3 Å². The first-order valence-electron chi connectivity index (χ1n) is 5.88. The Morgan fingerprint density at radius 1 is 1.05 bits per heavy atom. The van der Waals surface area contributed by atoms with E-state index in [9.17, 15) is 25.0 Å². The molecule has 0 radical (unpaired) electrons. The lowest BCUT2D eigenvalue weighted by Crippen LogP contribution is -2.29. The number of hydrogen-bond donors (Lipinski definition) is 2. The highest BCUT2D eigenvalue weighted by atomic mass is 16.6. The summed E-state index contributed by atoms with van der Waals surface area (Å²) < 4.78 is 0. The van der Waals surface area contributed by atoms with Crippen molar-refractivity contribution >= 4 is 23.1 Å². The largest absolute Gasteiger partial charge is 0.287 e. The molecule has 2 N–H and O–H groups in total. The molecule has 0 saturated carbocycles. The molecule has 0 aliphatic rings. The quantitative estimate of drug-likeness (QED) is 0.632. The third-order valence-electron chi connectivity index (χ3n) is 2.58. The zero-order chi connectivity index (χ0) is 16.1. The topological polar surface area (TPSA) is 140 Å². The molecular formula is C12H9N5O5. The van der Waals surface area contributed by atoms with Gasteiger partial charge in [-0.1, -0.05) is 6.07 Å². The van der Waals surface area contributed by atoms with Crippen molar-refractivity contribution in [3.8, 4) is 0 Å². The van der Waals surface area contributed by atoms with Crippen LogP contribution in [0.5, 0.6) is 0 Å². The first-order chi connectivity index (χ1) is 10.5. The van der Waals surface area contributed by atoms with Crippen LogP contribution >= 0.6 is 0 Å². The Balaban J connectivity index is 2.02. The Hall–Kier alpha value is -3.56. The van der Waals surface area contributed by atoms with E-state index in [2.05, 4.69) is 15.8 Å². The number of anilines is 1. The van der Waals surface area contributed by atoms with Crippen LogP contribution in [0.4, 0.5) is 17.2 Å². The molecule has 1 aromatic heterocycles. The normalized spacial score (nSPS) is 9.82. The van der Waals surface area contributed by atoms with Crippen molar-refractivity contribution in [1.29, 1.82) is 0 Å². The van der Waals surface area contributed by atoms with E-state index in [1.54, 1.807) is 0 Å². The number of hydrogen-bond acceptors (Lipinski definition) is 7. The summed E-state index contributed by atoms with van der Waals surface area (Å²) in [5.74, 6) is -0.423. The van der Waals surface area contributed by atoms with Gasteiger partial charge in [0.2, 0.25) is 0 Å². The number of aromatic nitrogens is 1. The van der Waals surface area contributed by atoms with Gasteiger partial charge in [0, 0.05) is 23.8 Å². The number of amides is 1. The number of carbonyl (C=O) groups excluding carboxylic acids is 1. The number of nitrogens with one attached hydrogen (secondary N) is 2. The van der Waals surface area contributed by atoms with Crippen molar-refractivity contribution in [2.24, 2.45) is 0 Å². The van der Waals surface area contributed by atoms with Crippen molar-refractivity contribution in [2.75, 3.05) is 5.43 Å². The molecule has 2 aromatic rings. The molecule has 2 rings (SSSR count). The maximum absolute atomic E-state index is 11.8. The van der Waals surface area contributed by atoms with Crippen LogP contribution in [0.3, 0.4) is 0 Å². The fourth-order valence-electron chi connectivity index (χ4n) is 1.52. The molecular weight excluding hydrogens is 294 g/mol. The highest BCUT2D eigenvalue weighted by molar-refractivity contribution is 5.95. The van der Waals surface area contributed by atoms with Crippen molar-refractivity contribution in [3.05, 3.63) is 68.4 Å². The van der Waals surface area contributed by atoms with Crippen LogP contribution in [0.2, 0.25) is 0 Å². The van der Waals surface area contributed by atoms with E-state index in [4.69, 9.17) is 0 Å². The Morgan fingerprint density at radius 3 is 2.36 bits per heavy atom. The fourth-order valence-corrected chi connectivity index (χ4v) is 1.52. The second-order valence-electron chi connectivity index (χ2n) is 4.05. The maximum atomic E-state index is 11.8. The molecule has 0 atom stereocenters. The predicted octanol–water partition coefficient (Wildman–Crippen LogP) is 1.65. The first kappa shape index (κ1) is 14.8. The van der Waals surface area contributed by atoms with Crippen LogP contribution in [0, 0.1) is 20.2 Å². The summed E-state index contributed by atoms with van der Waals surface area (Å²) in [6, 6.07) is 7.72. The number of carbonyl (C=O) groups is 1. The average Bonchev–Trinajstić information content (AvgIpc) is 2.53. The summed E-state index contributed by atoms with van der Waals surface area (Å²) in [5.41, 5.74) is 4.44. The van der Waals surface area contributed by atoms with Gasteiger partial charge in [0.1, 0.15) is 12.0 Å². The smallest absolute Gasteiger partial charge is 0.282 e. The summed E-state index contributed by atoms with van der Waals surface area (Å²) in [4.78, 5) is 35.5. The van der Waals surface area contributed by atoms with Gasteiger partial charge in [0.15, 0.2) is 0 Å². The lowest BCUT2D eigenvalue weighted by molar-refractivity contribution is -0.385. The molecule has 0 bridgehead atoms. The van der Waals surface area contributed by atoms with Crippen LogP contribution in [0.15, 0.2) is 42.6 Å². The molecule has 0 aliphatic heterocycles. The Labute approximate surface area is 123 Å². The lowest BCUT2D eigenvalue weighted by Gasteiger charge is -2.07. The number of benzene rings is 1. The van der Waals surface area contributed by atoms with E-state index < -0.39 is 15.8 Å². The van der Waals surface area contributed by atoms with E-state index in [1.807, 2.05) is 0 Å². The molecule has 0 saturated heterocycles. The molecule has 10 heteroatoms. The third-order valence-corrected chi connectivity index (χ3v) is 2.58. The Bertz CT molecular complexity index is 731. The molecule has 10 nitrogen and oxygen atoms in total. The minimum atomic E-state index is -0.609. The van der Waals surface area contributed by atoms with Gasteiger partial charge in [-0.3, -0.25) is 35.9 Å². The summed E-state index contributed by atoms with van der Waals surface area (Å²) in [5, 5.41) is 21.1. The van der Waals surface area contributed by atoms with Gasteiger partial charge in [-0.05, 0) is 12.1 Å². The summed E-state index contributed by atoms with van der Waals surface area (Å²) in [6.07, 6.45) is 1.03. The molecule has 112 valence electrons. The van der Waals surface area contributed by atoms with Crippen LogP contribution < -0.4 is 10.9 Å². The maximum Gasteiger partial charge on any atom is 0.287 e. The summed E-state index contributed by atoms with van der Waals surface area (Å²) >= 11 is 0. The Morgan fingerprint density at radius 2 is 1.77 bits per heavy atom. The van der Waals surface area contributed by atoms with Crippen LogP contribution in [-0.4, -0.2) is 20.7 Å². The lowest BCUT2D eigenvalue weighted by atomic mass is 10.2. The van der Waals surface area contributed by atoms with E-state index in [0.29, 0.717) is 0 Å². The molecule has 0 spiro atoms. The molecule has 0 unspecified atom stereocenters. The minimum Gasteiger partial charge on any atom is -0.282 e. The third kappa shape index (κ3) is 3.50. The van der Waals surface area contributed by atoms with Gasteiger partial charge in [-0.15, -0.1) is 0 Å². The zero-order valence-corrected chi connectivity index (χ0v) is 10.9. The average molecular weight is 303 g/mol. The van der Waals surface area contributed by atoms with E-state index in [0.717, 1.165) is 12.3 Å². The highest BCUT2D eigenvalue weighted by Crippen LogP contribution is 2.13. The van der Waals surface area contributed by atoms with Gasteiger partial charge in [-0.2, -0.15) is 0 Å². The van der Waals surface area contributed by atoms with Gasteiger partial charge in [0.05, 0.1) is 9.85 Å². The van der Waals surface area contributed by atoms with Crippen LogP contribution in [0.25, 0.3) is 0 Å².